The number of aromatic nitrogens is 2. The van der Waals surface area contributed by atoms with Crippen LogP contribution in [0.2, 0.25) is 0 Å². The van der Waals surface area contributed by atoms with Gasteiger partial charge in [0.25, 0.3) is 0 Å². The second-order valence-electron chi connectivity index (χ2n) is 5.60. The molecule has 3 N–H and O–H groups in total. The zero-order valence-electron chi connectivity index (χ0n) is 13.7. The third kappa shape index (κ3) is 3.95. The molecular weight excluding hydrogens is 305 g/mol. The Bertz CT molecular complexity index is 804. The van der Waals surface area contributed by atoms with Crippen molar-refractivity contribution in [2.24, 2.45) is 4.99 Å². The van der Waals surface area contributed by atoms with Crippen LogP contribution in [0.3, 0.4) is 0 Å². The van der Waals surface area contributed by atoms with Gasteiger partial charge in [0.1, 0.15) is 5.82 Å². The smallest absolute Gasteiger partial charge is 0.191 e. The molecule has 2 aromatic heterocycles. The molecule has 0 aliphatic carbocycles. The molecule has 0 amide bonds. The second-order valence-corrected chi connectivity index (χ2v) is 5.60. The zero-order valence-corrected chi connectivity index (χ0v) is 13.7. The second kappa shape index (κ2) is 7.68. The number of benzene rings is 1. The van der Waals surface area contributed by atoms with Crippen LogP contribution in [0.25, 0.3) is 10.9 Å². The molecule has 3 aromatic rings. The van der Waals surface area contributed by atoms with Gasteiger partial charge in [-0.15, -0.1) is 0 Å². The van der Waals surface area contributed by atoms with Gasteiger partial charge in [0, 0.05) is 56.2 Å². The number of rotatable bonds is 6. The molecule has 0 radical (unpaired) electrons. The van der Waals surface area contributed by atoms with Crippen molar-refractivity contribution in [1.82, 2.24) is 20.2 Å². The number of fused-ring (bicyclic) bond motifs is 1. The maximum absolute atomic E-state index is 13.4. The molecule has 0 spiro atoms. The maximum Gasteiger partial charge on any atom is 0.191 e. The Morgan fingerprint density at radius 3 is 2.79 bits per heavy atom. The molecule has 0 unspecified atom stereocenters. The van der Waals surface area contributed by atoms with Crippen LogP contribution < -0.4 is 10.6 Å². The summed E-state index contributed by atoms with van der Waals surface area (Å²) in [5, 5.41) is 7.51. The molecule has 2 heterocycles. The van der Waals surface area contributed by atoms with Crippen molar-refractivity contribution >= 4 is 16.9 Å². The lowest BCUT2D eigenvalue weighted by molar-refractivity contribution is 0.629. The number of H-pyrrole nitrogens is 1. The van der Waals surface area contributed by atoms with Gasteiger partial charge in [0.05, 0.1) is 0 Å². The van der Waals surface area contributed by atoms with Gasteiger partial charge in [0.15, 0.2) is 5.96 Å². The Morgan fingerprint density at radius 2 is 2.00 bits per heavy atom. The molecule has 6 heteroatoms. The molecule has 0 aliphatic heterocycles. The minimum atomic E-state index is -0.209. The molecule has 0 saturated heterocycles. The predicted octanol–water partition coefficient (Wildman–Crippen LogP) is 2.52. The van der Waals surface area contributed by atoms with E-state index >= 15 is 0 Å². The third-order valence-corrected chi connectivity index (χ3v) is 3.97. The van der Waals surface area contributed by atoms with E-state index in [2.05, 4.69) is 25.2 Å². The molecule has 0 aliphatic rings. The van der Waals surface area contributed by atoms with Crippen molar-refractivity contribution in [2.45, 2.75) is 13.0 Å². The monoisotopic (exact) mass is 327 g/mol. The zero-order chi connectivity index (χ0) is 16.8. The van der Waals surface area contributed by atoms with E-state index in [1.807, 2.05) is 30.7 Å². The highest BCUT2D eigenvalue weighted by atomic mass is 19.1. The Labute approximate surface area is 140 Å². The summed E-state index contributed by atoms with van der Waals surface area (Å²) in [5.74, 6) is 0.562. The quantitative estimate of drug-likeness (QED) is 0.481. The topological polar surface area (TPSA) is 57.1 Å². The molecule has 0 atom stereocenters. The number of guanidine groups is 1. The molecule has 3 rings (SSSR count). The molecule has 0 bridgehead atoms. The minimum absolute atomic E-state index is 0.209. The number of aliphatic imine (C=N–C) groups is 1. The molecule has 1 aromatic carbocycles. The summed E-state index contributed by atoms with van der Waals surface area (Å²) in [7, 11) is 1.76. The van der Waals surface area contributed by atoms with Gasteiger partial charge in [0.2, 0.25) is 0 Å². The van der Waals surface area contributed by atoms with Crippen molar-refractivity contribution in [3.63, 3.8) is 0 Å². The number of hydrogen-bond acceptors (Lipinski definition) is 1. The van der Waals surface area contributed by atoms with Gasteiger partial charge in [-0.1, -0.05) is 0 Å². The summed E-state index contributed by atoms with van der Waals surface area (Å²) in [6, 6.07) is 8.83. The van der Waals surface area contributed by atoms with Crippen LogP contribution >= 0.6 is 0 Å². The normalized spacial score (nSPS) is 11.8. The van der Waals surface area contributed by atoms with E-state index in [4.69, 9.17) is 0 Å². The lowest BCUT2D eigenvalue weighted by Gasteiger charge is -2.12. The van der Waals surface area contributed by atoms with E-state index in [9.17, 15) is 4.39 Å². The summed E-state index contributed by atoms with van der Waals surface area (Å²) in [6.45, 7) is 2.41. The van der Waals surface area contributed by atoms with Crippen LogP contribution in [0.15, 0.2) is 53.9 Å². The number of nitrogens with one attached hydrogen (secondary N) is 3. The Morgan fingerprint density at radius 1 is 1.21 bits per heavy atom. The van der Waals surface area contributed by atoms with Crippen molar-refractivity contribution < 1.29 is 4.39 Å². The fourth-order valence-corrected chi connectivity index (χ4v) is 2.72. The largest absolute Gasteiger partial charge is 0.361 e. The van der Waals surface area contributed by atoms with Crippen molar-refractivity contribution in [3.05, 3.63) is 60.3 Å². The van der Waals surface area contributed by atoms with E-state index in [0.717, 1.165) is 48.5 Å². The van der Waals surface area contributed by atoms with Gasteiger partial charge < -0.3 is 20.2 Å². The van der Waals surface area contributed by atoms with Crippen LogP contribution in [-0.2, 0) is 13.0 Å². The number of nitrogens with zero attached hydrogens (tertiary/aromatic N) is 2. The van der Waals surface area contributed by atoms with Crippen LogP contribution in [0.4, 0.5) is 4.39 Å². The highest BCUT2D eigenvalue weighted by molar-refractivity contribution is 5.83. The Hall–Kier alpha value is -2.76. The van der Waals surface area contributed by atoms with Gasteiger partial charge >= 0.3 is 0 Å². The molecule has 24 heavy (non-hydrogen) atoms. The van der Waals surface area contributed by atoms with Crippen LogP contribution in [0.5, 0.6) is 0 Å². The van der Waals surface area contributed by atoms with Gasteiger partial charge in [-0.2, -0.15) is 0 Å². The van der Waals surface area contributed by atoms with Crippen molar-refractivity contribution in [3.8, 4) is 0 Å². The Kier molecular flexibility index (Phi) is 5.15. The summed E-state index contributed by atoms with van der Waals surface area (Å²) in [6.07, 6.45) is 6.80. The fraction of sp³-hybridized carbons (Fsp3) is 0.278. The first-order valence-corrected chi connectivity index (χ1v) is 8.07. The minimum Gasteiger partial charge on any atom is -0.361 e. The number of hydrogen-bond donors (Lipinski definition) is 3. The number of halogens is 1. The maximum atomic E-state index is 13.4. The lowest BCUT2D eigenvalue weighted by Crippen LogP contribution is -2.39. The summed E-state index contributed by atoms with van der Waals surface area (Å²) in [4.78, 5) is 7.39. The first-order chi connectivity index (χ1) is 11.8. The fourth-order valence-electron chi connectivity index (χ4n) is 2.72. The lowest BCUT2D eigenvalue weighted by atomic mass is 10.1. The standard InChI is InChI=1S/C18H22FN5/c1-20-18(22-8-11-24-9-2-3-10-24)21-7-6-14-13-23-17-5-4-15(19)12-16(14)17/h2-5,9-10,12-13,23H,6-8,11H2,1H3,(H2,20,21,22). The highest BCUT2D eigenvalue weighted by Crippen LogP contribution is 2.19. The van der Waals surface area contributed by atoms with Crippen LogP contribution in [-0.4, -0.2) is 35.6 Å². The summed E-state index contributed by atoms with van der Waals surface area (Å²) >= 11 is 0. The average molecular weight is 327 g/mol. The first kappa shape index (κ1) is 16.1. The van der Waals surface area contributed by atoms with E-state index in [-0.39, 0.29) is 5.82 Å². The van der Waals surface area contributed by atoms with Crippen LogP contribution in [0, 0.1) is 5.82 Å². The summed E-state index contributed by atoms with van der Waals surface area (Å²) in [5.41, 5.74) is 2.06. The third-order valence-electron chi connectivity index (χ3n) is 3.97. The highest BCUT2D eigenvalue weighted by Gasteiger charge is 2.05. The van der Waals surface area contributed by atoms with E-state index < -0.39 is 0 Å². The SMILES string of the molecule is CN=C(NCCc1c[nH]c2ccc(F)cc12)NCCn1cccc1. The molecule has 0 saturated carbocycles. The van der Waals surface area contributed by atoms with E-state index in [0.29, 0.717) is 0 Å². The van der Waals surface area contributed by atoms with Gasteiger partial charge in [-0.3, -0.25) is 4.99 Å². The van der Waals surface area contributed by atoms with E-state index in [1.54, 1.807) is 19.2 Å². The molecular formula is C18H22FN5. The van der Waals surface area contributed by atoms with Gasteiger partial charge in [-0.25, -0.2) is 4.39 Å². The van der Waals surface area contributed by atoms with Crippen molar-refractivity contribution in [1.29, 1.82) is 0 Å². The van der Waals surface area contributed by atoms with Crippen molar-refractivity contribution in [2.75, 3.05) is 20.1 Å². The van der Waals surface area contributed by atoms with Crippen LogP contribution in [0.1, 0.15) is 5.56 Å². The first-order valence-electron chi connectivity index (χ1n) is 8.07. The predicted molar refractivity (Wildman–Crippen MR) is 95.8 cm³/mol. The summed E-state index contributed by atoms with van der Waals surface area (Å²) < 4.78 is 15.5. The number of aromatic amines is 1. The molecule has 126 valence electrons. The Balaban J connectivity index is 1.48. The average Bonchev–Trinajstić information content (AvgIpc) is 3.23. The van der Waals surface area contributed by atoms with Gasteiger partial charge in [-0.05, 0) is 42.3 Å². The molecule has 0 fully saturated rings. The van der Waals surface area contributed by atoms with E-state index in [1.165, 1.54) is 6.07 Å². The molecule has 5 nitrogen and oxygen atoms in total.